The zero-order chi connectivity index (χ0) is 25.4. The Hall–Kier alpha value is -3.02. The van der Waals surface area contributed by atoms with Gasteiger partial charge in [-0.05, 0) is 42.9 Å². The van der Waals surface area contributed by atoms with Crippen molar-refractivity contribution in [3.8, 4) is 0 Å². The fourth-order valence-corrected chi connectivity index (χ4v) is 5.54. The lowest BCUT2D eigenvalue weighted by Gasteiger charge is -2.43. The average Bonchev–Trinajstić information content (AvgIpc) is 3.35. The lowest BCUT2D eigenvalue weighted by molar-refractivity contribution is -0.146. The molecule has 3 aliphatic heterocycles. The molecule has 3 aliphatic rings. The number of halogens is 4. The van der Waals surface area contributed by atoms with E-state index in [2.05, 4.69) is 10.1 Å². The van der Waals surface area contributed by atoms with Crippen LogP contribution in [0.25, 0.3) is 0 Å². The first-order valence-electron chi connectivity index (χ1n) is 12.0. The summed E-state index contributed by atoms with van der Waals surface area (Å²) in [6.45, 7) is 1.97. The molecule has 0 N–H and O–H groups in total. The molecule has 194 valence electrons. The summed E-state index contributed by atoms with van der Waals surface area (Å²) in [7, 11) is 0. The summed E-state index contributed by atoms with van der Waals surface area (Å²) in [6, 6.07) is 5.39. The van der Waals surface area contributed by atoms with Gasteiger partial charge in [-0.1, -0.05) is 17.3 Å². The van der Waals surface area contributed by atoms with E-state index >= 15 is 0 Å². The van der Waals surface area contributed by atoms with Gasteiger partial charge in [0, 0.05) is 38.5 Å². The second kappa shape index (κ2) is 9.79. The number of fused-ring (bicyclic) bond motifs is 1. The summed E-state index contributed by atoms with van der Waals surface area (Å²) in [4.78, 5) is 32.1. The summed E-state index contributed by atoms with van der Waals surface area (Å²) in [6.07, 6.45) is -2.64. The number of piperidine rings is 2. The minimum absolute atomic E-state index is 0.00435. The minimum Gasteiger partial charge on any atom is -0.370 e. The predicted octanol–water partition coefficient (Wildman–Crippen LogP) is 3.87. The number of amides is 2. The molecule has 0 aliphatic carbocycles. The Morgan fingerprint density at radius 3 is 2.42 bits per heavy atom. The number of likely N-dealkylation sites (tertiary alicyclic amines) is 2. The number of ketones is 1. The SMILES string of the molecule is O=C1CO[C@H]2CCN(C(=O)N3CCC(C(c4ccc(F)cc4)c4nc(C(F)(F)F)no4)CC3)C[C@H]2C1. The number of rotatable bonds is 3. The summed E-state index contributed by atoms with van der Waals surface area (Å²) in [5, 5.41) is 3.10. The third-order valence-electron chi connectivity index (χ3n) is 7.35. The molecule has 4 heterocycles. The Balaban J connectivity index is 1.27. The molecule has 0 radical (unpaired) electrons. The van der Waals surface area contributed by atoms with Crippen molar-refractivity contribution in [2.45, 2.75) is 43.9 Å². The summed E-state index contributed by atoms with van der Waals surface area (Å²) >= 11 is 0. The van der Waals surface area contributed by atoms with E-state index in [1.54, 1.807) is 9.80 Å². The Morgan fingerprint density at radius 2 is 1.75 bits per heavy atom. The molecule has 5 rings (SSSR count). The lowest BCUT2D eigenvalue weighted by Crippen LogP contribution is -2.54. The van der Waals surface area contributed by atoms with Gasteiger partial charge in [-0.25, -0.2) is 9.18 Å². The second-order valence-corrected chi connectivity index (χ2v) is 9.68. The maximum absolute atomic E-state index is 13.5. The highest BCUT2D eigenvalue weighted by Crippen LogP contribution is 2.39. The molecule has 3 saturated heterocycles. The third kappa shape index (κ3) is 5.09. The zero-order valence-corrected chi connectivity index (χ0v) is 19.4. The number of urea groups is 1. The quantitative estimate of drug-likeness (QED) is 0.583. The molecule has 3 fully saturated rings. The Kier molecular flexibility index (Phi) is 6.71. The molecule has 2 aromatic rings. The van der Waals surface area contributed by atoms with Crippen LogP contribution in [0.1, 0.15) is 48.9 Å². The zero-order valence-electron chi connectivity index (χ0n) is 19.4. The molecular weight excluding hydrogens is 484 g/mol. The molecule has 12 heteroatoms. The molecule has 8 nitrogen and oxygen atoms in total. The number of nitrogens with zero attached hydrogens (tertiary/aromatic N) is 4. The third-order valence-corrected chi connectivity index (χ3v) is 7.35. The maximum atomic E-state index is 13.5. The van der Waals surface area contributed by atoms with Crippen LogP contribution >= 0.6 is 0 Å². The molecule has 2 amide bonds. The van der Waals surface area contributed by atoms with Crippen LogP contribution in [0.15, 0.2) is 28.8 Å². The van der Waals surface area contributed by atoms with Crippen molar-refractivity contribution in [3.05, 3.63) is 47.4 Å². The van der Waals surface area contributed by atoms with Crippen LogP contribution in [0, 0.1) is 17.7 Å². The van der Waals surface area contributed by atoms with Crippen LogP contribution < -0.4 is 0 Å². The number of carbonyl (C=O) groups excluding carboxylic acids is 2. The van der Waals surface area contributed by atoms with Gasteiger partial charge in [0.15, 0.2) is 5.78 Å². The standard InChI is InChI=1S/C24H26F4N4O4/c25-17-3-1-14(2-4-17)20(21-29-22(30-36-21)24(26,27)28)15-5-8-31(9-6-15)23(34)32-10-7-19-16(12-32)11-18(33)13-35-19/h1-4,15-16,19-20H,5-13H2/t16-,19+,20?/m1/s1. The van der Waals surface area contributed by atoms with E-state index < -0.39 is 23.7 Å². The summed E-state index contributed by atoms with van der Waals surface area (Å²) < 4.78 is 63.4. The normalized spacial score (nSPS) is 24.5. The Bertz CT molecular complexity index is 1100. The monoisotopic (exact) mass is 510 g/mol. The van der Waals surface area contributed by atoms with E-state index in [-0.39, 0.29) is 42.3 Å². The van der Waals surface area contributed by atoms with Gasteiger partial charge in [0.2, 0.25) is 5.89 Å². The van der Waals surface area contributed by atoms with Crippen LogP contribution in [0.2, 0.25) is 0 Å². The number of carbonyl (C=O) groups is 2. The van der Waals surface area contributed by atoms with E-state index in [1.807, 2.05) is 0 Å². The maximum Gasteiger partial charge on any atom is 0.455 e. The molecule has 3 atom stereocenters. The number of benzene rings is 1. The average molecular weight is 510 g/mol. The molecule has 0 bridgehead atoms. The van der Waals surface area contributed by atoms with E-state index in [0.29, 0.717) is 57.4 Å². The highest BCUT2D eigenvalue weighted by molar-refractivity contribution is 5.81. The van der Waals surface area contributed by atoms with Crippen molar-refractivity contribution in [2.24, 2.45) is 11.8 Å². The first-order valence-corrected chi connectivity index (χ1v) is 12.0. The van der Waals surface area contributed by atoms with Crippen LogP contribution in [0.4, 0.5) is 22.4 Å². The molecule has 0 spiro atoms. The van der Waals surface area contributed by atoms with Crippen LogP contribution in [-0.2, 0) is 15.7 Å². The van der Waals surface area contributed by atoms with Gasteiger partial charge in [0.25, 0.3) is 5.82 Å². The Morgan fingerprint density at radius 1 is 1.06 bits per heavy atom. The topological polar surface area (TPSA) is 88.8 Å². The van der Waals surface area contributed by atoms with Crippen molar-refractivity contribution in [1.29, 1.82) is 0 Å². The predicted molar refractivity (Wildman–Crippen MR) is 116 cm³/mol. The van der Waals surface area contributed by atoms with E-state index in [1.165, 1.54) is 24.3 Å². The van der Waals surface area contributed by atoms with Crippen LogP contribution in [0.3, 0.4) is 0 Å². The number of hydrogen-bond donors (Lipinski definition) is 0. The minimum atomic E-state index is -4.74. The van der Waals surface area contributed by atoms with Gasteiger partial charge in [0.1, 0.15) is 12.4 Å². The first-order chi connectivity index (χ1) is 17.2. The molecular formula is C24H26F4N4O4. The first kappa shape index (κ1) is 24.7. The number of alkyl halides is 3. The van der Waals surface area contributed by atoms with Crippen molar-refractivity contribution in [1.82, 2.24) is 19.9 Å². The van der Waals surface area contributed by atoms with Gasteiger partial charge in [0.05, 0.1) is 12.0 Å². The van der Waals surface area contributed by atoms with Gasteiger partial charge >= 0.3 is 12.2 Å². The summed E-state index contributed by atoms with van der Waals surface area (Å²) in [5.41, 5.74) is 0.572. The van der Waals surface area contributed by atoms with E-state index in [4.69, 9.17) is 9.26 Å². The summed E-state index contributed by atoms with van der Waals surface area (Å²) in [5.74, 6) is -2.79. The second-order valence-electron chi connectivity index (χ2n) is 9.68. The van der Waals surface area contributed by atoms with Crippen molar-refractivity contribution < 1.29 is 36.4 Å². The highest BCUT2D eigenvalue weighted by Gasteiger charge is 2.42. The van der Waals surface area contributed by atoms with Crippen molar-refractivity contribution in [3.63, 3.8) is 0 Å². The van der Waals surface area contributed by atoms with Gasteiger partial charge in [-0.2, -0.15) is 18.2 Å². The number of ether oxygens (including phenoxy) is 1. The van der Waals surface area contributed by atoms with E-state index in [9.17, 15) is 27.2 Å². The molecule has 1 unspecified atom stereocenters. The molecule has 0 saturated carbocycles. The lowest BCUT2D eigenvalue weighted by atomic mass is 9.80. The molecule has 1 aromatic heterocycles. The van der Waals surface area contributed by atoms with Crippen LogP contribution in [0.5, 0.6) is 0 Å². The van der Waals surface area contributed by atoms with Gasteiger partial charge in [-0.3, -0.25) is 4.79 Å². The Labute approximate surface area is 204 Å². The fraction of sp³-hybridized carbons (Fsp3) is 0.583. The fourth-order valence-electron chi connectivity index (χ4n) is 5.54. The van der Waals surface area contributed by atoms with Crippen molar-refractivity contribution >= 4 is 11.8 Å². The smallest absolute Gasteiger partial charge is 0.370 e. The van der Waals surface area contributed by atoms with Crippen molar-refractivity contribution in [2.75, 3.05) is 32.8 Å². The van der Waals surface area contributed by atoms with Gasteiger partial charge in [-0.15, -0.1) is 0 Å². The highest BCUT2D eigenvalue weighted by atomic mass is 19.4. The molecule has 36 heavy (non-hydrogen) atoms. The van der Waals surface area contributed by atoms with E-state index in [0.717, 1.165) is 0 Å². The van der Waals surface area contributed by atoms with Crippen LogP contribution in [-0.4, -0.2) is 70.6 Å². The largest absolute Gasteiger partial charge is 0.455 e. The number of hydrogen-bond acceptors (Lipinski definition) is 6. The van der Waals surface area contributed by atoms with Gasteiger partial charge < -0.3 is 19.1 Å². The number of Topliss-reactive ketones (excluding diaryl/α,β-unsaturated/α-hetero) is 1. The molecule has 1 aromatic carbocycles. The number of aromatic nitrogens is 2.